The molecule has 10 heteroatoms. The number of ketones is 1. The summed E-state index contributed by atoms with van der Waals surface area (Å²) in [5, 5.41) is 0.505. The van der Waals surface area contributed by atoms with E-state index < -0.39 is 29.6 Å². The molecule has 2 N–H and O–H groups in total. The zero-order valence-electron chi connectivity index (χ0n) is 16.3. The highest BCUT2D eigenvalue weighted by Gasteiger charge is 2.23. The van der Waals surface area contributed by atoms with Crippen LogP contribution in [0, 0.1) is 5.92 Å². The first-order valence-corrected chi connectivity index (χ1v) is 10.1. The van der Waals surface area contributed by atoms with Crippen LogP contribution in [0.15, 0.2) is 38.8 Å². The first-order valence-electron chi connectivity index (χ1n) is 8.79. The predicted octanol–water partition coefficient (Wildman–Crippen LogP) is 1.96. The molecular formula is C19H22ClN3O5S. The van der Waals surface area contributed by atoms with Gasteiger partial charge in [0.05, 0.1) is 10.8 Å². The average Bonchev–Trinajstić information content (AvgIpc) is 2.67. The van der Waals surface area contributed by atoms with Crippen molar-refractivity contribution in [3.63, 3.8) is 0 Å². The highest BCUT2D eigenvalue weighted by Crippen LogP contribution is 2.26. The number of aromatic nitrogens is 2. The van der Waals surface area contributed by atoms with E-state index in [0.29, 0.717) is 9.92 Å². The topological polar surface area (TPSA) is 113 Å². The molecule has 0 spiro atoms. The molecule has 0 amide bonds. The predicted molar refractivity (Wildman–Crippen MR) is 113 cm³/mol. The number of Topliss-reactive ketones (excluding diaryl/α,β-unsaturated/α-hetero) is 1. The molecule has 0 saturated heterocycles. The molecule has 0 aliphatic carbocycles. The number of benzene rings is 1. The van der Waals surface area contributed by atoms with Crippen LogP contribution in [0.1, 0.15) is 24.2 Å². The number of nitrogen functional groups attached to an aromatic ring is 1. The Morgan fingerprint density at radius 2 is 1.90 bits per heavy atom. The van der Waals surface area contributed by atoms with Gasteiger partial charge in [-0.1, -0.05) is 37.6 Å². The molecule has 0 radical (unpaired) electrons. The normalized spacial score (nSPS) is 10.9. The Balaban J connectivity index is 2.11. The van der Waals surface area contributed by atoms with Crippen molar-refractivity contribution < 1.29 is 14.3 Å². The number of halogens is 1. The Hall–Kier alpha value is -2.52. The molecule has 0 aliphatic rings. The van der Waals surface area contributed by atoms with E-state index in [9.17, 15) is 19.2 Å². The Kier molecular flexibility index (Phi) is 7.69. The van der Waals surface area contributed by atoms with E-state index in [-0.39, 0.29) is 29.6 Å². The zero-order chi connectivity index (χ0) is 21.7. The van der Waals surface area contributed by atoms with E-state index >= 15 is 0 Å². The summed E-state index contributed by atoms with van der Waals surface area (Å²) < 4.78 is 6.97. The number of hydrogen-bond acceptors (Lipinski definition) is 7. The molecule has 0 bridgehead atoms. The number of carbonyl (C=O) groups excluding carboxylic acids is 2. The molecule has 2 rings (SSSR count). The average molecular weight is 440 g/mol. The molecule has 0 aliphatic heterocycles. The van der Waals surface area contributed by atoms with Gasteiger partial charge in [0.1, 0.15) is 11.4 Å². The molecule has 8 nitrogen and oxygen atoms in total. The Morgan fingerprint density at radius 3 is 2.52 bits per heavy atom. The largest absolute Gasteiger partial charge is 0.457 e. The lowest BCUT2D eigenvalue weighted by molar-refractivity contribution is -0.139. The van der Waals surface area contributed by atoms with Gasteiger partial charge in [-0.3, -0.25) is 23.5 Å². The Labute approximate surface area is 176 Å². The van der Waals surface area contributed by atoms with E-state index in [1.54, 1.807) is 24.3 Å². The zero-order valence-corrected chi connectivity index (χ0v) is 17.9. The van der Waals surface area contributed by atoms with Gasteiger partial charge in [-0.15, -0.1) is 11.8 Å². The van der Waals surface area contributed by atoms with Crippen LogP contribution in [0.5, 0.6) is 0 Å². The van der Waals surface area contributed by atoms with Crippen LogP contribution in [0.2, 0.25) is 5.02 Å². The summed E-state index contributed by atoms with van der Waals surface area (Å²) in [4.78, 5) is 49.8. The fourth-order valence-corrected chi connectivity index (χ4v) is 3.58. The summed E-state index contributed by atoms with van der Waals surface area (Å²) in [6, 6.07) is 7.01. The van der Waals surface area contributed by atoms with E-state index in [4.69, 9.17) is 22.1 Å². The summed E-state index contributed by atoms with van der Waals surface area (Å²) in [5.41, 5.74) is 4.14. The summed E-state index contributed by atoms with van der Waals surface area (Å²) in [5.74, 6) is -1.63. The van der Waals surface area contributed by atoms with Crippen LogP contribution in [0.3, 0.4) is 0 Å². The number of hydrogen-bond donors (Lipinski definition) is 1. The van der Waals surface area contributed by atoms with Crippen LogP contribution in [-0.4, -0.2) is 33.2 Å². The minimum absolute atomic E-state index is 0.0582. The molecule has 0 unspecified atom stereocenters. The molecule has 1 aromatic carbocycles. The van der Waals surface area contributed by atoms with Gasteiger partial charge in [0.2, 0.25) is 5.78 Å². The monoisotopic (exact) mass is 439 g/mol. The summed E-state index contributed by atoms with van der Waals surface area (Å²) in [6.07, 6.45) is 0. The molecule has 156 valence electrons. The fraction of sp³-hybridized carbons (Fsp3) is 0.368. The lowest BCUT2D eigenvalue weighted by atomic mass is 10.1. The number of thioether (sulfide) groups is 1. The number of nitrogens with zero attached hydrogens (tertiary/aromatic N) is 2. The molecule has 0 atom stereocenters. The Morgan fingerprint density at radius 1 is 1.24 bits per heavy atom. The summed E-state index contributed by atoms with van der Waals surface area (Å²) in [7, 11) is 1.27. The van der Waals surface area contributed by atoms with Crippen molar-refractivity contribution in [2.75, 3.05) is 18.1 Å². The van der Waals surface area contributed by atoms with Crippen molar-refractivity contribution >= 4 is 40.9 Å². The third-order valence-corrected chi connectivity index (χ3v) is 5.44. The van der Waals surface area contributed by atoms with Crippen LogP contribution < -0.4 is 17.0 Å². The second kappa shape index (κ2) is 9.80. The standard InChI is InChI=1S/C19H22ClN3O5S/c1-11(2)8-23-17(21)16(18(26)22(3)19(23)27)13(24)9-28-15(25)10-29-14-7-5-4-6-12(14)20/h4-7,11H,8-10,21H2,1-3H3. The highest BCUT2D eigenvalue weighted by atomic mass is 35.5. The molecule has 0 saturated carbocycles. The number of esters is 1. The van der Waals surface area contributed by atoms with E-state index in [1.165, 1.54) is 23.4 Å². The van der Waals surface area contributed by atoms with Crippen molar-refractivity contribution in [1.29, 1.82) is 0 Å². The molecule has 29 heavy (non-hydrogen) atoms. The number of ether oxygens (including phenoxy) is 1. The molecule has 1 aromatic heterocycles. The maximum Gasteiger partial charge on any atom is 0.332 e. The highest BCUT2D eigenvalue weighted by molar-refractivity contribution is 8.00. The van der Waals surface area contributed by atoms with Gasteiger partial charge in [-0.05, 0) is 18.1 Å². The minimum Gasteiger partial charge on any atom is -0.457 e. The van der Waals surface area contributed by atoms with Gasteiger partial charge in [0.15, 0.2) is 6.61 Å². The van der Waals surface area contributed by atoms with Gasteiger partial charge in [0, 0.05) is 18.5 Å². The molecule has 1 heterocycles. The van der Waals surface area contributed by atoms with Gasteiger partial charge >= 0.3 is 11.7 Å². The van der Waals surface area contributed by atoms with E-state index in [0.717, 1.165) is 4.57 Å². The van der Waals surface area contributed by atoms with Gasteiger partial charge in [-0.25, -0.2) is 4.79 Å². The first kappa shape index (κ1) is 22.8. The number of anilines is 1. The molecular weight excluding hydrogens is 418 g/mol. The van der Waals surface area contributed by atoms with E-state index in [1.807, 2.05) is 13.8 Å². The van der Waals surface area contributed by atoms with Crippen molar-refractivity contribution in [1.82, 2.24) is 9.13 Å². The van der Waals surface area contributed by atoms with Crippen LogP contribution in [0.4, 0.5) is 5.82 Å². The summed E-state index contributed by atoms with van der Waals surface area (Å²) in [6.45, 7) is 3.34. The maximum absolute atomic E-state index is 12.5. The second-order valence-electron chi connectivity index (χ2n) is 6.71. The maximum atomic E-state index is 12.5. The van der Waals surface area contributed by atoms with Gasteiger partial charge in [-0.2, -0.15) is 0 Å². The molecule has 0 fully saturated rings. The Bertz CT molecular complexity index is 1050. The van der Waals surface area contributed by atoms with Crippen molar-refractivity contribution in [2.24, 2.45) is 13.0 Å². The SMILES string of the molecule is CC(C)Cn1c(N)c(C(=O)COC(=O)CSc2ccccc2Cl)c(=O)n(C)c1=O. The van der Waals surface area contributed by atoms with Crippen molar-refractivity contribution in [2.45, 2.75) is 25.3 Å². The quantitative estimate of drug-likeness (QED) is 0.380. The smallest absolute Gasteiger partial charge is 0.332 e. The number of rotatable bonds is 8. The van der Waals surface area contributed by atoms with Gasteiger partial charge in [0.25, 0.3) is 5.56 Å². The van der Waals surface area contributed by atoms with E-state index in [2.05, 4.69) is 0 Å². The van der Waals surface area contributed by atoms with Crippen molar-refractivity contribution in [3.05, 3.63) is 55.7 Å². The lowest BCUT2D eigenvalue weighted by Crippen LogP contribution is -2.43. The first-order chi connectivity index (χ1) is 13.6. The third kappa shape index (κ3) is 5.51. The fourth-order valence-electron chi connectivity index (χ4n) is 2.55. The van der Waals surface area contributed by atoms with Crippen LogP contribution >= 0.6 is 23.4 Å². The van der Waals surface area contributed by atoms with Gasteiger partial charge < -0.3 is 10.5 Å². The number of nitrogens with two attached hydrogens (primary N) is 1. The third-order valence-electron chi connectivity index (χ3n) is 3.96. The van der Waals surface area contributed by atoms with Crippen LogP contribution in [0.25, 0.3) is 0 Å². The number of carbonyl (C=O) groups is 2. The summed E-state index contributed by atoms with van der Waals surface area (Å²) >= 11 is 7.19. The minimum atomic E-state index is -0.820. The lowest BCUT2D eigenvalue weighted by Gasteiger charge is -2.16. The van der Waals surface area contributed by atoms with Crippen molar-refractivity contribution in [3.8, 4) is 0 Å². The molecule has 2 aromatic rings. The second-order valence-corrected chi connectivity index (χ2v) is 8.14. The van der Waals surface area contributed by atoms with Crippen LogP contribution in [-0.2, 0) is 23.1 Å².